The molecule has 0 bridgehead atoms. The standard InChI is InChI=1S/C17H30O/c1-15(2)9-7-11-17(4)13-8-12-16(3)10-5-6-14-18/h9-10,13,18H,5-8,11-12,14H2,1-4H3/b16-10+,17-13-. The van der Waals surface area contributed by atoms with Crippen LogP contribution in [-0.4, -0.2) is 11.7 Å². The molecule has 1 heteroatoms. The molecular formula is C17H30O. The maximum Gasteiger partial charge on any atom is 0.0433 e. The molecule has 0 saturated heterocycles. The first-order valence-corrected chi connectivity index (χ1v) is 7.11. The Labute approximate surface area is 113 Å². The molecule has 1 nitrogen and oxygen atoms in total. The Hall–Kier alpha value is -0.820. The summed E-state index contributed by atoms with van der Waals surface area (Å²) in [5.41, 5.74) is 4.35. The van der Waals surface area contributed by atoms with E-state index in [0.29, 0.717) is 6.61 Å². The van der Waals surface area contributed by atoms with Crippen LogP contribution in [-0.2, 0) is 0 Å². The molecule has 104 valence electrons. The fraction of sp³-hybridized carbons (Fsp3) is 0.647. The molecule has 0 spiro atoms. The van der Waals surface area contributed by atoms with Gasteiger partial charge in [-0.2, -0.15) is 0 Å². The number of aliphatic hydroxyl groups excluding tert-OH is 1. The lowest BCUT2D eigenvalue weighted by Gasteiger charge is -2.01. The Morgan fingerprint density at radius 1 is 0.778 bits per heavy atom. The summed E-state index contributed by atoms with van der Waals surface area (Å²) in [6.45, 7) is 9.01. The predicted octanol–water partition coefficient (Wildman–Crippen LogP) is 5.18. The summed E-state index contributed by atoms with van der Waals surface area (Å²) < 4.78 is 0. The fourth-order valence-electron chi connectivity index (χ4n) is 1.78. The summed E-state index contributed by atoms with van der Waals surface area (Å²) in [6, 6.07) is 0. The fourth-order valence-corrected chi connectivity index (χ4v) is 1.78. The van der Waals surface area contributed by atoms with Crippen LogP contribution in [0.4, 0.5) is 0 Å². The number of aliphatic hydroxyl groups is 1. The summed E-state index contributed by atoms with van der Waals surface area (Å²) in [4.78, 5) is 0. The van der Waals surface area contributed by atoms with E-state index in [1.54, 1.807) is 0 Å². The summed E-state index contributed by atoms with van der Waals surface area (Å²) >= 11 is 0. The Kier molecular flexibility index (Phi) is 10.8. The van der Waals surface area contributed by atoms with Crippen LogP contribution in [0.1, 0.15) is 66.2 Å². The van der Waals surface area contributed by atoms with E-state index in [9.17, 15) is 0 Å². The third kappa shape index (κ3) is 11.7. The van der Waals surface area contributed by atoms with Crippen molar-refractivity contribution in [2.45, 2.75) is 66.2 Å². The maximum atomic E-state index is 8.71. The second-order valence-electron chi connectivity index (χ2n) is 5.33. The lowest BCUT2D eigenvalue weighted by atomic mass is 10.1. The topological polar surface area (TPSA) is 20.2 Å². The zero-order valence-corrected chi connectivity index (χ0v) is 12.6. The molecule has 0 radical (unpaired) electrons. The number of unbranched alkanes of at least 4 members (excludes halogenated alkanes) is 1. The molecule has 0 aromatic carbocycles. The van der Waals surface area contributed by atoms with Crippen molar-refractivity contribution in [3.05, 3.63) is 34.9 Å². The van der Waals surface area contributed by atoms with Crippen molar-refractivity contribution < 1.29 is 5.11 Å². The first-order valence-electron chi connectivity index (χ1n) is 7.11. The van der Waals surface area contributed by atoms with Gasteiger partial charge in [0.1, 0.15) is 0 Å². The van der Waals surface area contributed by atoms with Crippen molar-refractivity contribution in [2.24, 2.45) is 0 Å². The highest BCUT2D eigenvalue weighted by molar-refractivity contribution is 5.05. The van der Waals surface area contributed by atoms with Crippen molar-refractivity contribution in [1.29, 1.82) is 0 Å². The Bertz CT molecular complexity index is 291. The van der Waals surface area contributed by atoms with Gasteiger partial charge in [-0.25, -0.2) is 0 Å². The zero-order chi connectivity index (χ0) is 13.8. The van der Waals surface area contributed by atoms with Crippen LogP contribution in [0.3, 0.4) is 0 Å². The SMILES string of the molecule is CC(C)=CCC/C(C)=C\CC/C(C)=C/CCCO. The van der Waals surface area contributed by atoms with Crippen molar-refractivity contribution in [1.82, 2.24) is 0 Å². The average molecular weight is 250 g/mol. The summed E-state index contributed by atoms with van der Waals surface area (Å²) in [5.74, 6) is 0. The second kappa shape index (κ2) is 11.3. The largest absolute Gasteiger partial charge is 0.396 e. The van der Waals surface area contributed by atoms with Gasteiger partial charge in [0.2, 0.25) is 0 Å². The molecule has 0 aliphatic rings. The van der Waals surface area contributed by atoms with Gasteiger partial charge in [0.25, 0.3) is 0 Å². The molecule has 0 aromatic rings. The highest BCUT2D eigenvalue weighted by atomic mass is 16.2. The van der Waals surface area contributed by atoms with Gasteiger partial charge < -0.3 is 5.11 Å². The van der Waals surface area contributed by atoms with Gasteiger partial charge in [-0.3, -0.25) is 0 Å². The number of hydrogen-bond acceptors (Lipinski definition) is 1. The van der Waals surface area contributed by atoms with Crippen molar-refractivity contribution in [2.75, 3.05) is 6.61 Å². The Morgan fingerprint density at radius 3 is 1.78 bits per heavy atom. The molecule has 0 atom stereocenters. The van der Waals surface area contributed by atoms with Crippen molar-refractivity contribution in [3.8, 4) is 0 Å². The van der Waals surface area contributed by atoms with Gasteiger partial charge in [-0.1, -0.05) is 34.9 Å². The highest BCUT2D eigenvalue weighted by Gasteiger charge is 1.92. The van der Waals surface area contributed by atoms with Crippen LogP contribution in [0.25, 0.3) is 0 Å². The van der Waals surface area contributed by atoms with Gasteiger partial charge in [0, 0.05) is 6.61 Å². The Balaban J connectivity index is 3.79. The summed E-state index contributed by atoms with van der Waals surface area (Å²) in [7, 11) is 0. The number of hydrogen-bond donors (Lipinski definition) is 1. The van der Waals surface area contributed by atoms with E-state index in [2.05, 4.69) is 45.9 Å². The van der Waals surface area contributed by atoms with Crippen LogP contribution < -0.4 is 0 Å². The number of rotatable bonds is 9. The second-order valence-corrected chi connectivity index (χ2v) is 5.33. The maximum absolute atomic E-state index is 8.71. The predicted molar refractivity (Wildman–Crippen MR) is 81.7 cm³/mol. The molecule has 0 aromatic heterocycles. The molecule has 0 fully saturated rings. The minimum absolute atomic E-state index is 0.299. The Morgan fingerprint density at radius 2 is 1.28 bits per heavy atom. The minimum Gasteiger partial charge on any atom is -0.396 e. The third-order valence-corrected chi connectivity index (χ3v) is 2.98. The van der Waals surface area contributed by atoms with E-state index in [0.717, 1.165) is 32.1 Å². The van der Waals surface area contributed by atoms with E-state index in [1.165, 1.54) is 23.1 Å². The highest BCUT2D eigenvalue weighted by Crippen LogP contribution is 2.11. The molecular weight excluding hydrogens is 220 g/mol. The van der Waals surface area contributed by atoms with Crippen LogP contribution in [0.15, 0.2) is 34.9 Å². The third-order valence-electron chi connectivity index (χ3n) is 2.98. The zero-order valence-electron chi connectivity index (χ0n) is 12.6. The summed E-state index contributed by atoms with van der Waals surface area (Å²) in [6.07, 6.45) is 13.4. The van der Waals surface area contributed by atoms with Crippen LogP contribution in [0.2, 0.25) is 0 Å². The van der Waals surface area contributed by atoms with Crippen molar-refractivity contribution in [3.63, 3.8) is 0 Å². The van der Waals surface area contributed by atoms with Gasteiger partial charge in [-0.15, -0.1) is 0 Å². The first-order chi connectivity index (χ1) is 8.56. The van der Waals surface area contributed by atoms with Gasteiger partial charge in [0.05, 0.1) is 0 Å². The van der Waals surface area contributed by atoms with Crippen LogP contribution in [0.5, 0.6) is 0 Å². The monoisotopic (exact) mass is 250 g/mol. The van der Waals surface area contributed by atoms with Gasteiger partial charge in [-0.05, 0) is 66.2 Å². The van der Waals surface area contributed by atoms with Crippen LogP contribution in [0, 0.1) is 0 Å². The molecule has 0 unspecified atom stereocenters. The van der Waals surface area contributed by atoms with E-state index < -0.39 is 0 Å². The van der Waals surface area contributed by atoms with E-state index in [-0.39, 0.29) is 0 Å². The molecule has 0 heterocycles. The first kappa shape index (κ1) is 17.2. The number of allylic oxidation sites excluding steroid dienone is 6. The van der Waals surface area contributed by atoms with E-state index >= 15 is 0 Å². The van der Waals surface area contributed by atoms with Crippen LogP contribution >= 0.6 is 0 Å². The quantitative estimate of drug-likeness (QED) is 0.441. The lowest BCUT2D eigenvalue weighted by molar-refractivity contribution is 0.289. The smallest absolute Gasteiger partial charge is 0.0433 e. The molecule has 0 aliphatic carbocycles. The minimum atomic E-state index is 0.299. The summed E-state index contributed by atoms with van der Waals surface area (Å²) in [5, 5.41) is 8.71. The van der Waals surface area contributed by atoms with Gasteiger partial charge >= 0.3 is 0 Å². The average Bonchev–Trinajstić information content (AvgIpc) is 2.29. The molecule has 1 N–H and O–H groups in total. The van der Waals surface area contributed by atoms with Crippen molar-refractivity contribution >= 4 is 0 Å². The molecule has 0 rings (SSSR count). The molecule has 0 aliphatic heterocycles. The molecule has 0 amide bonds. The van der Waals surface area contributed by atoms with E-state index in [1.807, 2.05) is 0 Å². The normalized spacial score (nSPS) is 12.7. The van der Waals surface area contributed by atoms with E-state index in [4.69, 9.17) is 5.11 Å². The lowest BCUT2D eigenvalue weighted by Crippen LogP contribution is -1.83. The van der Waals surface area contributed by atoms with Gasteiger partial charge in [0.15, 0.2) is 0 Å². The molecule has 0 saturated carbocycles. The molecule has 18 heavy (non-hydrogen) atoms.